The van der Waals surface area contributed by atoms with Gasteiger partial charge in [-0.25, -0.2) is 36.6 Å². The number of amidine groups is 1. The molecule has 0 aliphatic carbocycles. The van der Waals surface area contributed by atoms with Crippen LogP contribution in [0.15, 0.2) is 75.1 Å². The number of aryl methyl sites for hydroxylation is 1. The first-order chi connectivity index (χ1) is 14.6. The molecule has 0 radical (unpaired) electrons. The highest BCUT2D eigenvalue weighted by atomic mass is 32.2. The second-order valence-electron chi connectivity index (χ2n) is 6.04. The van der Waals surface area contributed by atoms with Gasteiger partial charge >= 0.3 is 5.91 Å². The van der Waals surface area contributed by atoms with Crippen molar-refractivity contribution in [3.8, 4) is 5.75 Å². The van der Waals surface area contributed by atoms with E-state index in [1.165, 1.54) is 60.9 Å². The van der Waals surface area contributed by atoms with E-state index in [1.807, 2.05) is 0 Å². The third kappa shape index (κ3) is 4.08. The molecule has 1 aromatic carbocycles. The maximum atomic E-state index is 13.1. The van der Waals surface area contributed by atoms with Crippen molar-refractivity contribution >= 4 is 31.6 Å². The van der Waals surface area contributed by atoms with Gasteiger partial charge in [0.2, 0.25) is 20.8 Å². The summed E-state index contributed by atoms with van der Waals surface area (Å²) < 4.78 is 58.7. The minimum absolute atomic E-state index is 0.230. The monoisotopic (exact) mass is 467 g/mol. The molecule has 164 valence electrons. The number of rotatable bonds is 6. The van der Waals surface area contributed by atoms with Crippen LogP contribution in [0.2, 0.25) is 0 Å². The summed E-state index contributed by atoms with van der Waals surface area (Å²) in [6, 6.07) is 5.26. The van der Waals surface area contributed by atoms with Gasteiger partial charge in [-0.15, -0.1) is 0 Å². The van der Waals surface area contributed by atoms with Crippen molar-refractivity contribution < 1.29 is 31.6 Å². The lowest BCUT2D eigenvalue weighted by Gasteiger charge is -2.20. The first-order valence-electron chi connectivity index (χ1n) is 8.44. The van der Waals surface area contributed by atoms with Crippen LogP contribution in [0.25, 0.3) is 0 Å². The highest BCUT2D eigenvalue weighted by Crippen LogP contribution is 2.25. The zero-order chi connectivity index (χ0) is 22.8. The molecule has 1 amide bonds. The molecule has 0 saturated carbocycles. The number of ether oxygens (including phenoxy) is 1. The first-order valence-corrected chi connectivity index (χ1v) is 11.4. The van der Waals surface area contributed by atoms with E-state index in [9.17, 15) is 21.6 Å². The predicted molar refractivity (Wildman–Crippen MR) is 107 cm³/mol. The number of carbonyl (C=O) groups is 1. The minimum atomic E-state index is -4.41. The standard InChI is InChI=1S/C17H17N5O7S2/c1-21-10-8-18-17(21)30(25,26)14-7-9-22(15(19-11-14)16(23)20-24)31(27,28)13-5-3-12(29-2)4-6-13/h3-11,24H,1-2H3,(H,20,23). The van der Waals surface area contributed by atoms with Crippen LogP contribution >= 0.6 is 0 Å². The van der Waals surface area contributed by atoms with Gasteiger partial charge in [0, 0.05) is 31.8 Å². The molecule has 31 heavy (non-hydrogen) atoms. The number of methoxy groups -OCH3 is 1. The summed E-state index contributed by atoms with van der Waals surface area (Å²) >= 11 is 0. The van der Waals surface area contributed by atoms with Gasteiger partial charge in [-0.1, -0.05) is 0 Å². The Bertz CT molecular complexity index is 1310. The van der Waals surface area contributed by atoms with Crippen molar-refractivity contribution in [3.63, 3.8) is 0 Å². The summed E-state index contributed by atoms with van der Waals surface area (Å²) in [6.07, 6.45) is 5.32. The van der Waals surface area contributed by atoms with E-state index in [0.29, 0.717) is 10.1 Å². The quantitative estimate of drug-likeness (QED) is 0.449. The molecule has 1 aliphatic rings. The van der Waals surface area contributed by atoms with Gasteiger partial charge < -0.3 is 9.30 Å². The van der Waals surface area contributed by atoms with Crippen LogP contribution in [0.4, 0.5) is 0 Å². The fourth-order valence-electron chi connectivity index (χ4n) is 2.58. The van der Waals surface area contributed by atoms with E-state index < -0.39 is 36.5 Å². The van der Waals surface area contributed by atoms with Gasteiger partial charge in [-0.2, -0.15) is 0 Å². The van der Waals surface area contributed by atoms with E-state index in [1.54, 1.807) is 0 Å². The Hall–Kier alpha value is -3.49. The third-order valence-electron chi connectivity index (χ3n) is 4.15. The number of imidazole rings is 1. The number of hydrogen-bond donors (Lipinski definition) is 2. The summed E-state index contributed by atoms with van der Waals surface area (Å²) in [5.41, 5.74) is 1.30. The number of amides is 1. The summed E-state index contributed by atoms with van der Waals surface area (Å²) in [4.78, 5) is 18.9. The topological polar surface area (TPSA) is 160 Å². The number of nitrogens with zero attached hydrogens (tertiary/aromatic N) is 4. The molecule has 2 heterocycles. The lowest BCUT2D eigenvalue weighted by Crippen LogP contribution is -2.42. The number of aromatic nitrogens is 2. The molecule has 0 unspecified atom stereocenters. The van der Waals surface area contributed by atoms with Gasteiger partial charge in [0.25, 0.3) is 10.0 Å². The van der Waals surface area contributed by atoms with Crippen LogP contribution < -0.4 is 10.2 Å². The predicted octanol–water partition coefficient (Wildman–Crippen LogP) is 0.166. The zero-order valence-corrected chi connectivity index (χ0v) is 17.8. The largest absolute Gasteiger partial charge is 0.497 e. The maximum absolute atomic E-state index is 13.1. The Morgan fingerprint density at radius 1 is 1.16 bits per heavy atom. The molecular formula is C17H17N5O7S2. The Balaban J connectivity index is 2.11. The van der Waals surface area contributed by atoms with Crippen molar-refractivity contribution in [2.24, 2.45) is 12.0 Å². The van der Waals surface area contributed by atoms with E-state index in [4.69, 9.17) is 9.94 Å². The number of benzene rings is 1. The van der Waals surface area contributed by atoms with Gasteiger partial charge in [0.15, 0.2) is 0 Å². The van der Waals surface area contributed by atoms with Crippen molar-refractivity contribution in [1.82, 2.24) is 19.3 Å². The van der Waals surface area contributed by atoms with Crippen LogP contribution in [-0.4, -0.2) is 54.8 Å². The zero-order valence-electron chi connectivity index (χ0n) is 16.2. The van der Waals surface area contributed by atoms with E-state index in [0.717, 1.165) is 18.5 Å². The van der Waals surface area contributed by atoms with Crippen molar-refractivity contribution in [1.29, 1.82) is 0 Å². The Morgan fingerprint density at radius 2 is 1.84 bits per heavy atom. The summed E-state index contributed by atoms with van der Waals surface area (Å²) in [6.45, 7) is 0. The van der Waals surface area contributed by atoms with Crippen molar-refractivity contribution in [3.05, 3.63) is 60.0 Å². The van der Waals surface area contributed by atoms with E-state index >= 15 is 0 Å². The molecule has 1 aromatic heterocycles. The smallest absolute Gasteiger partial charge is 0.311 e. The average Bonchev–Trinajstić information content (AvgIpc) is 3.06. The number of hydroxylamine groups is 1. The highest BCUT2D eigenvalue weighted by molar-refractivity contribution is 7.95. The number of sulfonamides is 1. The number of allylic oxidation sites excluding steroid dienone is 1. The molecule has 0 atom stereocenters. The summed E-state index contributed by atoms with van der Waals surface area (Å²) in [5, 5.41) is 8.71. The van der Waals surface area contributed by atoms with E-state index in [2.05, 4.69) is 9.98 Å². The number of sulfone groups is 1. The third-order valence-corrected chi connectivity index (χ3v) is 7.56. The highest BCUT2D eigenvalue weighted by Gasteiger charge is 2.33. The molecule has 12 nitrogen and oxygen atoms in total. The Morgan fingerprint density at radius 3 is 2.39 bits per heavy atom. The number of hydrogen-bond acceptors (Lipinski definition) is 9. The van der Waals surface area contributed by atoms with Crippen molar-refractivity contribution in [2.45, 2.75) is 10.1 Å². The molecule has 0 spiro atoms. The lowest BCUT2D eigenvalue weighted by atomic mass is 10.3. The van der Waals surface area contributed by atoms with Crippen LogP contribution in [0.5, 0.6) is 5.75 Å². The van der Waals surface area contributed by atoms with Gasteiger partial charge in [0.05, 0.1) is 16.9 Å². The molecule has 2 N–H and O–H groups in total. The number of carbonyl (C=O) groups excluding carboxylic acids is 1. The Labute approximate surface area is 177 Å². The van der Waals surface area contributed by atoms with Crippen molar-refractivity contribution in [2.75, 3.05) is 7.11 Å². The van der Waals surface area contributed by atoms with Crippen LogP contribution in [0.1, 0.15) is 0 Å². The van der Waals surface area contributed by atoms with Gasteiger partial charge in [-0.05, 0) is 30.3 Å². The summed E-state index contributed by atoms with van der Waals surface area (Å²) in [5.74, 6) is -1.65. The molecule has 14 heteroatoms. The summed E-state index contributed by atoms with van der Waals surface area (Å²) in [7, 11) is -5.71. The molecule has 0 saturated heterocycles. The van der Waals surface area contributed by atoms with Crippen LogP contribution in [-0.2, 0) is 31.7 Å². The maximum Gasteiger partial charge on any atom is 0.311 e. The fourth-order valence-corrected chi connectivity index (χ4v) is 5.14. The fraction of sp³-hybridized carbons (Fsp3) is 0.118. The molecule has 0 bridgehead atoms. The molecular weight excluding hydrogens is 450 g/mol. The van der Waals surface area contributed by atoms with Crippen LogP contribution in [0, 0.1) is 0 Å². The van der Waals surface area contributed by atoms with Gasteiger partial charge in [-0.3, -0.25) is 10.0 Å². The van der Waals surface area contributed by atoms with Gasteiger partial charge in [0.1, 0.15) is 5.75 Å². The molecule has 3 rings (SSSR count). The molecule has 1 aliphatic heterocycles. The van der Waals surface area contributed by atoms with Crippen LogP contribution in [0.3, 0.4) is 0 Å². The lowest BCUT2D eigenvalue weighted by molar-refractivity contribution is -0.122. The average molecular weight is 467 g/mol. The molecule has 2 aromatic rings. The SMILES string of the molecule is COc1ccc(S(=O)(=O)N2C=CC(S(=O)(=O)c3nccn3C)=CN=C2C(=O)NO)cc1. The number of nitrogens with one attached hydrogen (secondary N) is 1. The second-order valence-corrected chi connectivity index (χ2v) is 9.70. The van der Waals surface area contributed by atoms with E-state index in [-0.39, 0.29) is 10.1 Å². The minimum Gasteiger partial charge on any atom is -0.497 e. The first kappa shape index (κ1) is 22.2. The normalized spacial score (nSPS) is 14.5. The molecule has 0 fully saturated rings. The number of aliphatic imine (C=N–C) groups is 1. The second kappa shape index (κ2) is 8.33. The Kier molecular flexibility index (Phi) is 5.97.